The summed E-state index contributed by atoms with van der Waals surface area (Å²) in [5, 5.41) is 11.4. The van der Waals surface area contributed by atoms with E-state index in [2.05, 4.69) is 27.0 Å². The number of nitrogens with one attached hydrogen (secondary N) is 2. The molecule has 0 saturated heterocycles. The monoisotopic (exact) mass is 362 g/mol. The molecule has 2 aromatic rings. The highest BCUT2D eigenvalue weighted by molar-refractivity contribution is 7.98. The number of guanidine groups is 1. The van der Waals surface area contributed by atoms with Crippen molar-refractivity contribution in [2.24, 2.45) is 4.99 Å². The number of hydrogen-bond donors (Lipinski definition) is 2. The average Bonchev–Trinajstić information content (AvgIpc) is 3.24. The van der Waals surface area contributed by atoms with Crippen molar-refractivity contribution in [2.75, 3.05) is 25.1 Å². The molecule has 0 fully saturated rings. The zero-order valence-electron chi connectivity index (χ0n) is 14.9. The van der Waals surface area contributed by atoms with Gasteiger partial charge in [0, 0.05) is 25.3 Å². The molecule has 2 N–H and O–H groups in total. The molecule has 7 nitrogen and oxygen atoms in total. The molecule has 1 aliphatic heterocycles. The van der Waals surface area contributed by atoms with Gasteiger partial charge in [0.05, 0.1) is 18.8 Å². The number of nitrogens with zero attached hydrogens (tertiary/aromatic N) is 4. The van der Waals surface area contributed by atoms with Gasteiger partial charge in [0.25, 0.3) is 0 Å². The molecular weight excluding hydrogens is 336 g/mol. The van der Waals surface area contributed by atoms with Crippen LogP contribution in [0.1, 0.15) is 36.3 Å². The van der Waals surface area contributed by atoms with Crippen LogP contribution in [0.15, 0.2) is 27.8 Å². The second kappa shape index (κ2) is 8.94. The van der Waals surface area contributed by atoms with E-state index in [0.29, 0.717) is 0 Å². The Kier molecular flexibility index (Phi) is 6.38. The second-order valence-electron chi connectivity index (χ2n) is 6.06. The molecule has 136 valence electrons. The predicted molar refractivity (Wildman–Crippen MR) is 101 cm³/mol. The number of aromatic nitrogens is 3. The van der Waals surface area contributed by atoms with Gasteiger partial charge in [-0.25, -0.2) is 9.67 Å². The fraction of sp³-hybridized carbons (Fsp3) is 0.588. The molecule has 0 amide bonds. The Morgan fingerprint density at radius 1 is 1.52 bits per heavy atom. The number of hydrogen-bond acceptors (Lipinski definition) is 5. The van der Waals surface area contributed by atoms with Gasteiger partial charge in [-0.2, -0.15) is 16.9 Å². The van der Waals surface area contributed by atoms with E-state index in [-0.39, 0.29) is 6.04 Å². The fourth-order valence-electron chi connectivity index (χ4n) is 2.93. The summed E-state index contributed by atoms with van der Waals surface area (Å²) in [5.41, 5.74) is 0. The summed E-state index contributed by atoms with van der Waals surface area (Å²) >= 11 is 1.80. The highest BCUT2D eigenvalue weighted by Crippen LogP contribution is 2.22. The number of aryl methyl sites for hydroxylation is 2. The van der Waals surface area contributed by atoms with Crippen LogP contribution in [-0.2, 0) is 13.0 Å². The SMILES string of the molecule is CSCCN=C(NCCc1ccco1)NC1CCCn2nc(C)nc21. The maximum absolute atomic E-state index is 5.39. The minimum Gasteiger partial charge on any atom is -0.469 e. The highest BCUT2D eigenvalue weighted by Gasteiger charge is 2.24. The van der Waals surface area contributed by atoms with Gasteiger partial charge in [-0.15, -0.1) is 0 Å². The van der Waals surface area contributed by atoms with Gasteiger partial charge >= 0.3 is 0 Å². The van der Waals surface area contributed by atoms with E-state index in [0.717, 1.165) is 68.0 Å². The van der Waals surface area contributed by atoms with Crippen molar-refractivity contribution in [3.63, 3.8) is 0 Å². The molecule has 1 aliphatic rings. The maximum atomic E-state index is 5.39. The summed E-state index contributed by atoms with van der Waals surface area (Å²) in [6.07, 6.45) is 6.77. The van der Waals surface area contributed by atoms with Crippen LogP contribution >= 0.6 is 11.8 Å². The van der Waals surface area contributed by atoms with Gasteiger partial charge in [-0.05, 0) is 38.2 Å². The largest absolute Gasteiger partial charge is 0.469 e. The summed E-state index contributed by atoms with van der Waals surface area (Å²) in [7, 11) is 0. The predicted octanol–water partition coefficient (Wildman–Crippen LogP) is 2.16. The average molecular weight is 363 g/mol. The summed E-state index contributed by atoms with van der Waals surface area (Å²) < 4.78 is 7.40. The molecule has 1 unspecified atom stereocenters. The van der Waals surface area contributed by atoms with Crippen molar-refractivity contribution < 1.29 is 4.42 Å². The zero-order chi connectivity index (χ0) is 17.5. The van der Waals surface area contributed by atoms with E-state index in [1.165, 1.54) is 0 Å². The van der Waals surface area contributed by atoms with Crippen LogP contribution in [0, 0.1) is 6.92 Å². The van der Waals surface area contributed by atoms with Crippen molar-refractivity contribution in [3.05, 3.63) is 35.8 Å². The lowest BCUT2D eigenvalue weighted by Crippen LogP contribution is -2.42. The van der Waals surface area contributed by atoms with E-state index < -0.39 is 0 Å². The number of fused-ring (bicyclic) bond motifs is 1. The smallest absolute Gasteiger partial charge is 0.191 e. The molecule has 0 saturated carbocycles. The number of furan rings is 1. The van der Waals surface area contributed by atoms with Crippen molar-refractivity contribution >= 4 is 17.7 Å². The summed E-state index contributed by atoms with van der Waals surface area (Å²) in [4.78, 5) is 9.28. The van der Waals surface area contributed by atoms with E-state index in [1.807, 2.05) is 23.7 Å². The fourth-order valence-corrected chi connectivity index (χ4v) is 3.20. The highest BCUT2D eigenvalue weighted by atomic mass is 32.2. The Hall–Kier alpha value is -1.96. The van der Waals surface area contributed by atoms with Crippen LogP contribution < -0.4 is 10.6 Å². The minimum absolute atomic E-state index is 0.152. The first kappa shape index (κ1) is 17.8. The van der Waals surface area contributed by atoms with Gasteiger partial charge in [-0.3, -0.25) is 4.99 Å². The molecule has 3 heterocycles. The third kappa shape index (κ3) is 5.01. The maximum Gasteiger partial charge on any atom is 0.191 e. The lowest BCUT2D eigenvalue weighted by Gasteiger charge is -2.25. The van der Waals surface area contributed by atoms with Crippen LogP contribution in [0.25, 0.3) is 0 Å². The van der Waals surface area contributed by atoms with Crippen LogP contribution in [0.5, 0.6) is 0 Å². The van der Waals surface area contributed by atoms with E-state index >= 15 is 0 Å². The third-order valence-electron chi connectivity index (χ3n) is 4.10. The van der Waals surface area contributed by atoms with E-state index in [4.69, 9.17) is 9.41 Å². The zero-order valence-corrected chi connectivity index (χ0v) is 15.7. The molecule has 0 spiro atoms. The molecule has 25 heavy (non-hydrogen) atoms. The Labute approximate surface area is 152 Å². The van der Waals surface area contributed by atoms with E-state index in [9.17, 15) is 0 Å². The molecule has 2 aromatic heterocycles. The molecule has 0 radical (unpaired) electrons. The van der Waals surface area contributed by atoms with Crippen LogP contribution in [0.2, 0.25) is 0 Å². The second-order valence-corrected chi connectivity index (χ2v) is 7.04. The van der Waals surface area contributed by atoms with Gasteiger partial charge in [0.15, 0.2) is 5.96 Å². The Bertz CT molecular complexity index is 681. The number of aliphatic imine (C=N–C) groups is 1. The Morgan fingerprint density at radius 2 is 2.44 bits per heavy atom. The summed E-state index contributed by atoms with van der Waals surface area (Å²) in [6.45, 7) is 4.45. The van der Waals surface area contributed by atoms with Crippen LogP contribution in [0.4, 0.5) is 0 Å². The molecular formula is C17H26N6OS. The molecule has 1 atom stereocenters. The minimum atomic E-state index is 0.152. The molecule has 0 bridgehead atoms. The molecule has 8 heteroatoms. The lowest BCUT2D eigenvalue weighted by molar-refractivity contribution is 0.397. The Morgan fingerprint density at radius 3 is 3.24 bits per heavy atom. The molecule has 0 aromatic carbocycles. The number of thioether (sulfide) groups is 1. The third-order valence-corrected chi connectivity index (χ3v) is 4.69. The lowest BCUT2D eigenvalue weighted by atomic mass is 10.1. The number of rotatable bonds is 7. The topological polar surface area (TPSA) is 80.3 Å². The quantitative estimate of drug-likeness (QED) is 0.446. The van der Waals surface area contributed by atoms with Crippen molar-refractivity contribution in [2.45, 2.75) is 38.8 Å². The molecule has 3 rings (SSSR count). The summed E-state index contributed by atoms with van der Waals surface area (Å²) in [6, 6.07) is 4.06. The van der Waals surface area contributed by atoms with E-state index in [1.54, 1.807) is 18.0 Å². The van der Waals surface area contributed by atoms with Crippen LogP contribution in [0.3, 0.4) is 0 Å². The van der Waals surface area contributed by atoms with Gasteiger partial charge < -0.3 is 15.1 Å². The van der Waals surface area contributed by atoms with Gasteiger partial charge in [0.1, 0.15) is 17.4 Å². The normalized spacial score (nSPS) is 17.4. The van der Waals surface area contributed by atoms with Crippen molar-refractivity contribution in [3.8, 4) is 0 Å². The standard InChI is InChI=1S/C17H26N6OS/c1-13-20-16-15(6-3-10-23(16)22-13)21-17(19-9-12-25-2)18-8-7-14-5-4-11-24-14/h4-5,11,15H,3,6-10,12H2,1-2H3,(H2,18,19,21). The summed E-state index contributed by atoms with van der Waals surface area (Å²) in [5.74, 6) is 4.65. The first-order chi connectivity index (χ1) is 12.3. The van der Waals surface area contributed by atoms with Gasteiger partial charge in [0.2, 0.25) is 0 Å². The van der Waals surface area contributed by atoms with Crippen LogP contribution in [-0.4, -0.2) is 45.8 Å². The Balaban J connectivity index is 1.62. The van der Waals surface area contributed by atoms with Crippen molar-refractivity contribution in [1.82, 2.24) is 25.4 Å². The van der Waals surface area contributed by atoms with Crippen molar-refractivity contribution in [1.29, 1.82) is 0 Å². The first-order valence-electron chi connectivity index (χ1n) is 8.74. The van der Waals surface area contributed by atoms with Gasteiger partial charge in [-0.1, -0.05) is 0 Å². The first-order valence-corrected chi connectivity index (χ1v) is 10.1. The molecule has 0 aliphatic carbocycles.